The van der Waals surface area contributed by atoms with E-state index in [1.165, 1.54) is 11.3 Å². The number of ketones is 1. The van der Waals surface area contributed by atoms with Crippen molar-refractivity contribution < 1.29 is 4.79 Å². The molecule has 4 rings (SSSR count). The monoisotopic (exact) mass is 519 g/mol. The molecule has 0 spiro atoms. The molecule has 2 aliphatic rings. The fourth-order valence-corrected chi connectivity index (χ4v) is 6.71. The molecule has 0 radical (unpaired) electrons. The van der Waals surface area contributed by atoms with Crippen LogP contribution in [0.2, 0.25) is 10.0 Å². The average molecular weight is 521 g/mol. The van der Waals surface area contributed by atoms with Gasteiger partial charge in [-0.1, -0.05) is 80.1 Å². The number of anilines is 1. The van der Waals surface area contributed by atoms with Crippen LogP contribution in [0.1, 0.15) is 52.0 Å². The normalized spacial score (nSPS) is 20.4. The first-order valence-electron chi connectivity index (χ1n) is 10.4. The third-order valence-corrected chi connectivity index (χ3v) is 8.32. The number of nitrogens with two attached hydrogens (primary N) is 1. The predicted molar refractivity (Wildman–Crippen MR) is 134 cm³/mol. The van der Waals surface area contributed by atoms with Crippen LogP contribution in [-0.2, 0) is 4.79 Å². The number of benzene rings is 1. The minimum absolute atomic E-state index is 0.0103. The second-order valence-corrected chi connectivity index (χ2v) is 12.8. The number of rotatable bonds is 4. The minimum atomic E-state index is -0.614. The maximum absolute atomic E-state index is 13.5. The molecule has 1 aromatic carbocycles. The van der Waals surface area contributed by atoms with Crippen LogP contribution in [0.25, 0.3) is 0 Å². The summed E-state index contributed by atoms with van der Waals surface area (Å²) >= 11 is 15.4. The van der Waals surface area contributed by atoms with Gasteiger partial charge in [0.05, 0.1) is 27.6 Å². The fourth-order valence-electron chi connectivity index (χ4n) is 4.29. The predicted octanol–water partition coefficient (Wildman–Crippen LogP) is 6.29. The SMILES string of the molecule is CC(C)Sc1nnc(N2C(N)=C(C#N)C(c3ccc(Cl)c(Cl)c3)C3=C2CC(C)(C)CC3=O)s1. The van der Waals surface area contributed by atoms with E-state index in [-0.39, 0.29) is 22.6 Å². The van der Waals surface area contributed by atoms with Gasteiger partial charge in [-0.2, -0.15) is 5.26 Å². The Balaban J connectivity index is 1.94. The summed E-state index contributed by atoms with van der Waals surface area (Å²) in [5, 5.41) is 20.5. The van der Waals surface area contributed by atoms with Crippen molar-refractivity contribution in [3.05, 3.63) is 56.5 Å². The van der Waals surface area contributed by atoms with Crippen LogP contribution in [0.3, 0.4) is 0 Å². The van der Waals surface area contributed by atoms with E-state index in [1.54, 1.807) is 34.9 Å². The topological polar surface area (TPSA) is 95.9 Å². The Kier molecular flexibility index (Phi) is 6.53. The van der Waals surface area contributed by atoms with Crippen LogP contribution in [-0.4, -0.2) is 21.2 Å². The molecule has 33 heavy (non-hydrogen) atoms. The number of carbonyl (C=O) groups is 1. The Morgan fingerprint density at radius 2 is 2.00 bits per heavy atom. The molecule has 2 N–H and O–H groups in total. The minimum Gasteiger partial charge on any atom is -0.384 e. The molecule has 0 bridgehead atoms. The molecule has 2 aromatic rings. The standard InChI is InChI=1S/C23H23Cl2N5OS2/c1-11(2)32-22-29-28-21(33-22)30-16-8-23(3,4)9-17(31)19(16)18(13(10-26)20(30)27)12-5-6-14(24)15(25)7-12/h5-7,11,18H,8-9,27H2,1-4H3. The summed E-state index contributed by atoms with van der Waals surface area (Å²) in [4.78, 5) is 15.3. The van der Waals surface area contributed by atoms with Crippen molar-refractivity contribution in [2.45, 2.75) is 56.0 Å². The van der Waals surface area contributed by atoms with Gasteiger partial charge in [-0.15, -0.1) is 10.2 Å². The lowest BCUT2D eigenvalue weighted by Crippen LogP contribution is -2.42. The first kappa shape index (κ1) is 24.1. The summed E-state index contributed by atoms with van der Waals surface area (Å²) in [6, 6.07) is 7.42. The van der Waals surface area contributed by atoms with Crippen LogP contribution in [0.5, 0.6) is 0 Å². The number of allylic oxidation sites excluding steroid dienone is 3. The third kappa shape index (κ3) is 4.52. The van der Waals surface area contributed by atoms with E-state index in [9.17, 15) is 10.1 Å². The Morgan fingerprint density at radius 3 is 2.64 bits per heavy atom. The molecule has 0 amide bonds. The van der Waals surface area contributed by atoms with E-state index in [2.05, 4.69) is 44.0 Å². The molecule has 2 heterocycles. The zero-order valence-electron chi connectivity index (χ0n) is 18.6. The Bertz CT molecular complexity index is 1240. The summed E-state index contributed by atoms with van der Waals surface area (Å²) in [5.74, 6) is -0.365. The van der Waals surface area contributed by atoms with Gasteiger partial charge in [0.1, 0.15) is 5.82 Å². The molecule has 0 fully saturated rings. The van der Waals surface area contributed by atoms with Crippen molar-refractivity contribution in [3.63, 3.8) is 0 Å². The fraction of sp³-hybridized carbons (Fsp3) is 0.391. The quantitative estimate of drug-likeness (QED) is 0.474. The number of carbonyl (C=O) groups excluding carboxylic acids is 1. The Morgan fingerprint density at radius 1 is 1.27 bits per heavy atom. The van der Waals surface area contributed by atoms with Gasteiger partial charge >= 0.3 is 0 Å². The van der Waals surface area contributed by atoms with Crippen LogP contribution in [0, 0.1) is 16.7 Å². The zero-order valence-corrected chi connectivity index (χ0v) is 21.8. The number of hydrogen-bond acceptors (Lipinski definition) is 8. The third-order valence-electron chi connectivity index (χ3n) is 5.58. The molecular weight excluding hydrogens is 497 g/mol. The highest BCUT2D eigenvalue weighted by Gasteiger charge is 2.45. The molecule has 0 saturated carbocycles. The highest BCUT2D eigenvalue weighted by molar-refractivity contribution is 8.01. The molecule has 10 heteroatoms. The van der Waals surface area contributed by atoms with Crippen molar-refractivity contribution in [2.24, 2.45) is 11.1 Å². The first-order valence-corrected chi connectivity index (χ1v) is 12.9. The molecule has 1 unspecified atom stereocenters. The van der Waals surface area contributed by atoms with E-state index in [4.69, 9.17) is 28.9 Å². The summed E-state index contributed by atoms with van der Waals surface area (Å²) in [5.41, 5.74) is 8.68. The first-order chi connectivity index (χ1) is 15.5. The van der Waals surface area contributed by atoms with E-state index in [0.717, 1.165) is 10.0 Å². The van der Waals surface area contributed by atoms with Crippen molar-refractivity contribution >= 4 is 57.2 Å². The highest BCUT2D eigenvalue weighted by Crippen LogP contribution is 2.51. The van der Waals surface area contributed by atoms with Crippen LogP contribution in [0.15, 0.2) is 45.2 Å². The average Bonchev–Trinajstić information content (AvgIpc) is 3.15. The summed E-state index contributed by atoms with van der Waals surface area (Å²) in [6.07, 6.45) is 0.984. The van der Waals surface area contributed by atoms with Crippen molar-refractivity contribution in [1.29, 1.82) is 5.26 Å². The Labute approximate surface area is 211 Å². The van der Waals surface area contributed by atoms with Gasteiger partial charge < -0.3 is 5.73 Å². The van der Waals surface area contributed by atoms with E-state index >= 15 is 0 Å². The van der Waals surface area contributed by atoms with Gasteiger partial charge in [-0.25, -0.2) is 0 Å². The van der Waals surface area contributed by atoms with Gasteiger partial charge in [-0.3, -0.25) is 9.69 Å². The highest BCUT2D eigenvalue weighted by atomic mass is 35.5. The van der Waals surface area contributed by atoms with Crippen LogP contribution in [0.4, 0.5) is 5.13 Å². The lowest BCUT2D eigenvalue weighted by atomic mass is 9.69. The molecule has 1 aromatic heterocycles. The van der Waals surface area contributed by atoms with Crippen molar-refractivity contribution in [1.82, 2.24) is 10.2 Å². The number of thioether (sulfide) groups is 1. The molecule has 1 aliphatic heterocycles. The van der Waals surface area contributed by atoms with Gasteiger partial charge in [-0.05, 0) is 29.5 Å². The van der Waals surface area contributed by atoms with Gasteiger partial charge in [0.15, 0.2) is 10.1 Å². The van der Waals surface area contributed by atoms with E-state index in [0.29, 0.717) is 44.4 Å². The van der Waals surface area contributed by atoms with Crippen LogP contribution < -0.4 is 10.6 Å². The molecule has 1 atom stereocenters. The molecule has 1 aliphatic carbocycles. The summed E-state index contributed by atoms with van der Waals surface area (Å²) < 4.78 is 0.807. The zero-order chi connectivity index (χ0) is 24.1. The number of aromatic nitrogens is 2. The number of hydrogen-bond donors (Lipinski definition) is 1. The van der Waals surface area contributed by atoms with Gasteiger partial charge in [0.25, 0.3) is 0 Å². The smallest absolute Gasteiger partial charge is 0.219 e. The number of nitrogens with zero attached hydrogens (tertiary/aromatic N) is 4. The lowest BCUT2D eigenvalue weighted by Gasteiger charge is -2.42. The largest absolute Gasteiger partial charge is 0.384 e. The Hall–Kier alpha value is -2.05. The van der Waals surface area contributed by atoms with Gasteiger partial charge in [0, 0.05) is 22.9 Å². The summed E-state index contributed by atoms with van der Waals surface area (Å²) in [6.45, 7) is 8.28. The molecule has 0 saturated heterocycles. The van der Waals surface area contributed by atoms with E-state index in [1.807, 2.05) is 0 Å². The number of nitriles is 1. The lowest BCUT2D eigenvalue weighted by molar-refractivity contribution is -0.118. The van der Waals surface area contributed by atoms with Gasteiger partial charge in [0.2, 0.25) is 5.13 Å². The van der Waals surface area contributed by atoms with Crippen molar-refractivity contribution in [2.75, 3.05) is 4.90 Å². The number of Topliss-reactive ketones (excluding diaryl/α,β-unsaturated/α-hetero) is 1. The molecular formula is C23H23Cl2N5OS2. The second kappa shape index (κ2) is 8.95. The molecule has 6 nitrogen and oxygen atoms in total. The van der Waals surface area contributed by atoms with Crippen LogP contribution >= 0.6 is 46.3 Å². The summed E-state index contributed by atoms with van der Waals surface area (Å²) in [7, 11) is 0. The molecule has 172 valence electrons. The van der Waals surface area contributed by atoms with Crippen molar-refractivity contribution in [3.8, 4) is 6.07 Å². The second-order valence-electron chi connectivity index (χ2n) is 9.17. The maximum atomic E-state index is 13.5. The maximum Gasteiger partial charge on any atom is 0.219 e. The number of halogens is 2. The van der Waals surface area contributed by atoms with E-state index < -0.39 is 5.92 Å².